The average molecular weight is 186 g/mol. The van der Waals surface area contributed by atoms with Crippen LogP contribution in [0.1, 0.15) is 33.1 Å². The van der Waals surface area contributed by atoms with E-state index in [-0.39, 0.29) is 18.0 Å². The number of carboxylic acids is 1. The van der Waals surface area contributed by atoms with E-state index in [1.54, 1.807) is 0 Å². The highest BCUT2D eigenvalue weighted by Crippen LogP contribution is 2.05. The van der Waals surface area contributed by atoms with E-state index in [2.05, 4.69) is 0 Å². The first kappa shape index (κ1) is 11.8. The Hall–Kier alpha value is -1.19. The highest BCUT2D eigenvalue weighted by molar-refractivity contribution is 5.97. The molecular weight excluding hydrogens is 172 g/mol. The van der Waals surface area contributed by atoms with Crippen molar-refractivity contribution in [2.45, 2.75) is 33.1 Å². The van der Waals surface area contributed by atoms with E-state index in [9.17, 15) is 14.4 Å². The van der Waals surface area contributed by atoms with Crippen LogP contribution in [-0.2, 0) is 14.4 Å². The largest absolute Gasteiger partial charge is 0.481 e. The smallest absolute Gasteiger partial charge is 0.313 e. The number of ketones is 2. The Morgan fingerprint density at radius 3 is 2.15 bits per heavy atom. The molecule has 0 aliphatic rings. The van der Waals surface area contributed by atoms with Gasteiger partial charge in [-0.05, 0) is 20.3 Å². The number of rotatable bonds is 6. The Kier molecular flexibility index (Phi) is 4.96. The van der Waals surface area contributed by atoms with Crippen molar-refractivity contribution in [1.29, 1.82) is 0 Å². The maximum atomic E-state index is 11.1. The third-order valence-corrected chi connectivity index (χ3v) is 1.81. The van der Waals surface area contributed by atoms with Crippen LogP contribution >= 0.6 is 0 Å². The lowest BCUT2D eigenvalue weighted by atomic mass is 10.0. The van der Waals surface area contributed by atoms with E-state index >= 15 is 0 Å². The number of Topliss-reactive ketones (excluding diaryl/α,β-unsaturated/α-hetero) is 2. The molecule has 0 saturated carbocycles. The van der Waals surface area contributed by atoms with Gasteiger partial charge in [0.15, 0.2) is 0 Å². The van der Waals surface area contributed by atoms with Crippen LogP contribution in [0.25, 0.3) is 0 Å². The molecular formula is C9H14O4. The molecule has 4 nitrogen and oxygen atoms in total. The number of carbonyl (C=O) groups excluding carboxylic acids is 2. The van der Waals surface area contributed by atoms with Crippen LogP contribution in [0.3, 0.4) is 0 Å². The quantitative estimate of drug-likeness (QED) is 0.629. The van der Waals surface area contributed by atoms with Gasteiger partial charge in [0.2, 0.25) is 0 Å². The van der Waals surface area contributed by atoms with Gasteiger partial charge in [-0.15, -0.1) is 0 Å². The summed E-state index contributed by atoms with van der Waals surface area (Å²) in [5, 5.41) is 8.47. The van der Waals surface area contributed by atoms with Gasteiger partial charge in [-0.3, -0.25) is 9.59 Å². The predicted octanol–water partition coefficient (Wildman–Crippen LogP) is 1.04. The molecule has 4 heteroatoms. The van der Waals surface area contributed by atoms with Gasteiger partial charge in [-0.25, -0.2) is 0 Å². The molecule has 0 heterocycles. The molecule has 0 spiro atoms. The monoisotopic (exact) mass is 186 g/mol. The van der Waals surface area contributed by atoms with Gasteiger partial charge in [0.25, 0.3) is 0 Å². The summed E-state index contributed by atoms with van der Waals surface area (Å²) in [7, 11) is 0. The minimum absolute atomic E-state index is 0.0239. The van der Waals surface area contributed by atoms with Gasteiger partial charge < -0.3 is 9.90 Å². The standard InChI is InChI=1S/C9H14O4/c1-6(10)4-3-5-8(11)7(2)9(12)13/h7H,3-5H2,1-2H3,(H,12,13). The number of hydrogen-bond acceptors (Lipinski definition) is 3. The highest BCUT2D eigenvalue weighted by Gasteiger charge is 2.19. The number of carboxylic acid groups (broad SMARTS) is 1. The predicted molar refractivity (Wildman–Crippen MR) is 46.3 cm³/mol. The van der Waals surface area contributed by atoms with Crippen LogP contribution in [0, 0.1) is 5.92 Å². The highest BCUT2D eigenvalue weighted by atomic mass is 16.4. The molecule has 0 radical (unpaired) electrons. The maximum absolute atomic E-state index is 11.1. The van der Waals surface area contributed by atoms with E-state index in [1.807, 2.05) is 0 Å². The second-order valence-electron chi connectivity index (χ2n) is 3.08. The number of carbonyl (C=O) groups is 3. The Bertz CT molecular complexity index is 220. The normalized spacial score (nSPS) is 12.2. The van der Waals surface area contributed by atoms with Crippen LogP contribution in [0.2, 0.25) is 0 Å². The Morgan fingerprint density at radius 2 is 1.77 bits per heavy atom. The molecule has 0 aromatic carbocycles. The Balaban J connectivity index is 3.75. The SMILES string of the molecule is CC(=O)CCCC(=O)C(C)C(=O)O. The molecule has 1 atom stereocenters. The molecule has 0 aromatic rings. The van der Waals surface area contributed by atoms with Gasteiger partial charge >= 0.3 is 5.97 Å². The molecule has 0 aromatic heterocycles. The topological polar surface area (TPSA) is 71.4 Å². The summed E-state index contributed by atoms with van der Waals surface area (Å²) >= 11 is 0. The summed E-state index contributed by atoms with van der Waals surface area (Å²) in [4.78, 5) is 31.9. The Morgan fingerprint density at radius 1 is 1.23 bits per heavy atom. The second kappa shape index (κ2) is 5.45. The fourth-order valence-electron chi connectivity index (χ4n) is 0.866. The van der Waals surface area contributed by atoms with Gasteiger partial charge in [-0.1, -0.05) is 0 Å². The minimum Gasteiger partial charge on any atom is -0.481 e. The van der Waals surface area contributed by atoms with Crippen molar-refractivity contribution in [3.63, 3.8) is 0 Å². The van der Waals surface area contributed by atoms with Crippen molar-refractivity contribution >= 4 is 17.5 Å². The molecule has 13 heavy (non-hydrogen) atoms. The van der Waals surface area contributed by atoms with Crippen molar-refractivity contribution in [1.82, 2.24) is 0 Å². The molecule has 74 valence electrons. The summed E-state index contributed by atoms with van der Waals surface area (Å²) in [6.07, 6.45) is 0.969. The zero-order chi connectivity index (χ0) is 10.4. The first-order valence-corrected chi connectivity index (χ1v) is 4.20. The molecule has 0 amide bonds. The van der Waals surface area contributed by atoms with Gasteiger partial charge in [0, 0.05) is 12.8 Å². The fraction of sp³-hybridized carbons (Fsp3) is 0.667. The van der Waals surface area contributed by atoms with Crippen LogP contribution in [0.5, 0.6) is 0 Å². The van der Waals surface area contributed by atoms with Crippen molar-refractivity contribution in [2.75, 3.05) is 0 Å². The lowest BCUT2D eigenvalue weighted by Gasteiger charge is -2.03. The zero-order valence-corrected chi connectivity index (χ0v) is 7.87. The lowest BCUT2D eigenvalue weighted by Crippen LogP contribution is -2.20. The summed E-state index contributed by atoms with van der Waals surface area (Å²) in [6, 6.07) is 0. The summed E-state index contributed by atoms with van der Waals surface area (Å²) in [6.45, 7) is 2.81. The average Bonchev–Trinajstić information content (AvgIpc) is 2.02. The molecule has 1 N–H and O–H groups in total. The number of hydrogen-bond donors (Lipinski definition) is 1. The maximum Gasteiger partial charge on any atom is 0.313 e. The van der Waals surface area contributed by atoms with Crippen LogP contribution in [0.4, 0.5) is 0 Å². The lowest BCUT2D eigenvalue weighted by molar-refractivity contribution is -0.145. The molecule has 1 unspecified atom stereocenters. The fourth-order valence-corrected chi connectivity index (χ4v) is 0.866. The van der Waals surface area contributed by atoms with Crippen molar-refractivity contribution < 1.29 is 19.5 Å². The van der Waals surface area contributed by atoms with Crippen LogP contribution in [-0.4, -0.2) is 22.6 Å². The van der Waals surface area contributed by atoms with E-state index in [1.165, 1.54) is 13.8 Å². The van der Waals surface area contributed by atoms with Crippen molar-refractivity contribution in [3.8, 4) is 0 Å². The van der Waals surface area contributed by atoms with E-state index in [0.29, 0.717) is 12.8 Å². The summed E-state index contributed by atoms with van der Waals surface area (Å²) < 4.78 is 0. The molecule has 0 rings (SSSR count). The van der Waals surface area contributed by atoms with Gasteiger partial charge in [-0.2, -0.15) is 0 Å². The molecule has 0 aliphatic carbocycles. The third-order valence-electron chi connectivity index (χ3n) is 1.81. The third kappa shape index (κ3) is 5.11. The van der Waals surface area contributed by atoms with Gasteiger partial charge in [0.1, 0.15) is 17.5 Å². The molecule has 0 aliphatic heterocycles. The van der Waals surface area contributed by atoms with Gasteiger partial charge in [0.05, 0.1) is 0 Å². The molecule has 0 bridgehead atoms. The molecule has 0 fully saturated rings. The second-order valence-corrected chi connectivity index (χ2v) is 3.08. The summed E-state index contributed by atoms with van der Waals surface area (Å²) in [5.74, 6) is -2.34. The van der Waals surface area contributed by atoms with E-state index in [0.717, 1.165) is 0 Å². The molecule has 0 saturated heterocycles. The van der Waals surface area contributed by atoms with Crippen molar-refractivity contribution in [3.05, 3.63) is 0 Å². The first-order valence-electron chi connectivity index (χ1n) is 4.20. The van der Waals surface area contributed by atoms with E-state index in [4.69, 9.17) is 5.11 Å². The van der Waals surface area contributed by atoms with Crippen LogP contribution in [0.15, 0.2) is 0 Å². The van der Waals surface area contributed by atoms with Crippen molar-refractivity contribution in [2.24, 2.45) is 5.92 Å². The Labute approximate surface area is 76.9 Å². The van der Waals surface area contributed by atoms with Crippen LogP contribution < -0.4 is 0 Å². The first-order chi connectivity index (χ1) is 5.95. The minimum atomic E-state index is -1.10. The van der Waals surface area contributed by atoms with E-state index < -0.39 is 11.9 Å². The zero-order valence-electron chi connectivity index (χ0n) is 7.87. The summed E-state index contributed by atoms with van der Waals surface area (Å²) in [5.41, 5.74) is 0. The number of aliphatic carboxylic acids is 1.